The van der Waals surface area contributed by atoms with Crippen LogP contribution in [0.1, 0.15) is 52.4 Å². The average molecular weight is 253 g/mol. The standard InChI is InChI=1S/C15H27NO2/c1-4-8-14-9-6-7-11-16(14)12-10-13(5-2)15(17)18-3/h10,14H,4-9,11-12H2,1-3H3/b13-10-. The lowest BCUT2D eigenvalue weighted by Crippen LogP contribution is -2.39. The van der Waals surface area contributed by atoms with Crippen molar-refractivity contribution in [1.29, 1.82) is 0 Å². The lowest BCUT2D eigenvalue weighted by molar-refractivity contribution is -0.136. The Morgan fingerprint density at radius 1 is 1.39 bits per heavy atom. The molecule has 0 aromatic carbocycles. The van der Waals surface area contributed by atoms with Gasteiger partial charge < -0.3 is 4.74 Å². The normalized spacial score (nSPS) is 21.9. The number of nitrogens with zero attached hydrogens (tertiary/aromatic N) is 1. The quantitative estimate of drug-likeness (QED) is 0.538. The molecular weight excluding hydrogens is 226 g/mol. The number of carbonyl (C=O) groups excluding carboxylic acids is 1. The van der Waals surface area contributed by atoms with Gasteiger partial charge in [0.15, 0.2) is 0 Å². The smallest absolute Gasteiger partial charge is 0.333 e. The third-order valence-corrected chi connectivity index (χ3v) is 3.77. The fourth-order valence-corrected chi connectivity index (χ4v) is 2.69. The largest absolute Gasteiger partial charge is 0.466 e. The highest BCUT2D eigenvalue weighted by atomic mass is 16.5. The van der Waals surface area contributed by atoms with E-state index >= 15 is 0 Å². The van der Waals surface area contributed by atoms with Crippen molar-refractivity contribution in [1.82, 2.24) is 4.90 Å². The summed E-state index contributed by atoms with van der Waals surface area (Å²) in [6, 6.07) is 0.704. The maximum Gasteiger partial charge on any atom is 0.333 e. The Morgan fingerprint density at radius 2 is 2.17 bits per heavy atom. The first kappa shape index (κ1) is 15.2. The number of methoxy groups -OCH3 is 1. The summed E-state index contributed by atoms with van der Waals surface area (Å²) in [5, 5.41) is 0. The monoisotopic (exact) mass is 253 g/mol. The minimum Gasteiger partial charge on any atom is -0.466 e. The summed E-state index contributed by atoms with van der Waals surface area (Å²) in [7, 11) is 1.45. The van der Waals surface area contributed by atoms with Crippen LogP contribution in [0.15, 0.2) is 11.6 Å². The first-order chi connectivity index (χ1) is 8.72. The zero-order chi connectivity index (χ0) is 13.4. The molecule has 0 N–H and O–H groups in total. The Balaban J connectivity index is 2.57. The zero-order valence-electron chi connectivity index (χ0n) is 12.1. The summed E-state index contributed by atoms with van der Waals surface area (Å²) >= 11 is 0. The Morgan fingerprint density at radius 3 is 2.78 bits per heavy atom. The SMILES string of the molecule is CCCC1CCCCN1C/C=C(/CC)C(=O)OC. The zero-order valence-corrected chi connectivity index (χ0v) is 12.1. The van der Waals surface area contributed by atoms with Crippen LogP contribution in [0.25, 0.3) is 0 Å². The predicted octanol–water partition coefficient (Wildman–Crippen LogP) is 3.15. The van der Waals surface area contributed by atoms with Crippen molar-refractivity contribution in [2.75, 3.05) is 20.2 Å². The molecular formula is C15H27NO2. The van der Waals surface area contributed by atoms with Crippen LogP contribution in [0.4, 0.5) is 0 Å². The summed E-state index contributed by atoms with van der Waals surface area (Å²) in [6.45, 7) is 6.30. The molecule has 1 fully saturated rings. The number of rotatable bonds is 6. The van der Waals surface area contributed by atoms with Gasteiger partial charge in [0.1, 0.15) is 0 Å². The van der Waals surface area contributed by atoms with E-state index in [9.17, 15) is 4.79 Å². The van der Waals surface area contributed by atoms with Gasteiger partial charge in [0, 0.05) is 18.2 Å². The van der Waals surface area contributed by atoms with E-state index in [1.54, 1.807) is 0 Å². The van der Waals surface area contributed by atoms with Crippen LogP contribution in [-0.4, -0.2) is 37.1 Å². The minimum atomic E-state index is -0.179. The van der Waals surface area contributed by atoms with Crippen LogP contribution in [0.2, 0.25) is 0 Å². The molecule has 104 valence electrons. The maximum absolute atomic E-state index is 11.5. The van der Waals surface area contributed by atoms with E-state index < -0.39 is 0 Å². The number of likely N-dealkylation sites (tertiary alicyclic amines) is 1. The van der Waals surface area contributed by atoms with Crippen LogP contribution < -0.4 is 0 Å². The second-order valence-corrected chi connectivity index (χ2v) is 5.01. The molecule has 18 heavy (non-hydrogen) atoms. The molecule has 0 spiro atoms. The Bertz CT molecular complexity index is 284. The van der Waals surface area contributed by atoms with Gasteiger partial charge >= 0.3 is 5.97 Å². The fraction of sp³-hybridized carbons (Fsp3) is 0.800. The number of hydrogen-bond donors (Lipinski definition) is 0. The van der Waals surface area contributed by atoms with Crippen molar-refractivity contribution >= 4 is 5.97 Å². The summed E-state index contributed by atoms with van der Waals surface area (Å²) in [5.74, 6) is -0.179. The van der Waals surface area contributed by atoms with E-state index in [1.807, 2.05) is 6.92 Å². The number of hydrogen-bond acceptors (Lipinski definition) is 3. The van der Waals surface area contributed by atoms with Crippen molar-refractivity contribution < 1.29 is 9.53 Å². The van der Waals surface area contributed by atoms with Crippen molar-refractivity contribution in [3.63, 3.8) is 0 Å². The highest BCUT2D eigenvalue weighted by Gasteiger charge is 2.20. The molecule has 1 saturated heterocycles. The molecule has 0 aliphatic carbocycles. The predicted molar refractivity (Wildman–Crippen MR) is 74.5 cm³/mol. The van der Waals surface area contributed by atoms with Gasteiger partial charge in [-0.25, -0.2) is 4.79 Å². The molecule has 0 radical (unpaired) electrons. The summed E-state index contributed by atoms with van der Waals surface area (Å²) < 4.78 is 4.79. The molecule has 1 atom stereocenters. The molecule has 1 unspecified atom stereocenters. The Hall–Kier alpha value is -0.830. The van der Waals surface area contributed by atoms with Gasteiger partial charge in [0.25, 0.3) is 0 Å². The second kappa shape index (κ2) is 8.30. The topological polar surface area (TPSA) is 29.5 Å². The first-order valence-electron chi connectivity index (χ1n) is 7.24. The van der Waals surface area contributed by atoms with Crippen molar-refractivity contribution in [3.05, 3.63) is 11.6 Å². The molecule has 3 heteroatoms. The summed E-state index contributed by atoms with van der Waals surface area (Å²) in [5.41, 5.74) is 0.804. The number of ether oxygens (including phenoxy) is 1. The summed E-state index contributed by atoms with van der Waals surface area (Å²) in [6.07, 6.45) is 9.26. The van der Waals surface area contributed by atoms with Gasteiger partial charge in [0.2, 0.25) is 0 Å². The van der Waals surface area contributed by atoms with Gasteiger partial charge in [-0.1, -0.05) is 32.8 Å². The van der Waals surface area contributed by atoms with Gasteiger partial charge in [-0.15, -0.1) is 0 Å². The van der Waals surface area contributed by atoms with Crippen LogP contribution in [0.5, 0.6) is 0 Å². The second-order valence-electron chi connectivity index (χ2n) is 5.01. The lowest BCUT2D eigenvalue weighted by Gasteiger charge is -2.35. The fourth-order valence-electron chi connectivity index (χ4n) is 2.69. The first-order valence-corrected chi connectivity index (χ1v) is 7.24. The molecule has 0 aromatic rings. The van der Waals surface area contributed by atoms with E-state index in [0.717, 1.165) is 18.5 Å². The van der Waals surface area contributed by atoms with E-state index in [-0.39, 0.29) is 5.97 Å². The van der Waals surface area contributed by atoms with Crippen LogP contribution in [0.3, 0.4) is 0 Å². The van der Waals surface area contributed by atoms with Crippen LogP contribution in [-0.2, 0) is 9.53 Å². The molecule has 1 heterocycles. The van der Waals surface area contributed by atoms with Gasteiger partial charge in [-0.05, 0) is 32.2 Å². The average Bonchev–Trinajstić information content (AvgIpc) is 2.41. The van der Waals surface area contributed by atoms with E-state index in [1.165, 1.54) is 45.8 Å². The Labute approximate surface area is 111 Å². The highest BCUT2D eigenvalue weighted by Crippen LogP contribution is 2.21. The van der Waals surface area contributed by atoms with E-state index in [0.29, 0.717) is 6.04 Å². The van der Waals surface area contributed by atoms with E-state index in [4.69, 9.17) is 4.74 Å². The maximum atomic E-state index is 11.5. The molecule has 0 aromatic heterocycles. The van der Waals surface area contributed by atoms with Crippen LogP contribution in [0, 0.1) is 0 Å². The molecule has 1 aliphatic heterocycles. The number of esters is 1. The van der Waals surface area contributed by atoms with E-state index in [2.05, 4.69) is 17.9 Å². The third-order valence-electron chi connectivity index (χ3n) is 3.77. The molecule has 0 bridgehead atoms. The van der Waals surface area contributed by atoms with Crippen LogP contribution >= 0.6 is 0 Å². The van der Waals surface area contributed by atoms with Crippen molar-refractivity contribution in [2.45, 2.75) is 58.4 Å². The Kier molecular flexibility index (Phi) is 7.02. The summed E-state index contributed by atoms with van der Waals surface area (Å²) in [4.78, 5) is 14.0. The molecule has 1 aliphatic rings. The molecule has 3 nitrogen and oxygen atoms in total. The molecule has 0 amide bonds. The van der Waals surface area contributed by atoms with Gasteiger partial charge in [-0.3, -0.25) is 4.90 Å². The third kappa shape index (κ3) is 4.45. The number of piperidine rings is 1. The van der Waals surface area contributed by atoms with Gasteiger partial charge in [0.05, 0.1) is 7.11 Å². The van der Waals surface area contributed by atoms with Gasteiger partial charge in [-0.2, -0.15) is 0 Å². The molecule has 1 rings (SSSR count). The molecule has 0 saturated carbocycles. The van der Waals surface area contributed by atoms with Crippen molar-refractivity contribution in [2.24, 2.45) is 0 Å². The highest BCUT2D eigenvalue weighted by molar-refractivity contribution is 5.88. The van der Waals surface area contributed by atoms with Crippen molar-refractivity contribution in [3.8, 4) is 0 Å². The number of carbonyl (C=O) groups is 1. The lowest BCUT2D eigenvalue weighted by atomic mass is 9.98. The minimum absolute atomic E-state index is 0.179.